The van der Waals surface area contributed by atoms with Crippen LogP contribution in [0, 0.1) is 5.92 Å². The number of carbonyl (C=O) groups excluding carboxylic acids is 1. The van der Waals surface area contributed by atoms with Crippen molar-refractivity contribution in [3.63, 3.8) is 0 Å². The predicted octanol–water partition coefficient (Wildman–Crippen LogP) is 4.42. The summed E-state index contributed by atoms with van der Waals surface area (Å²) in [5, 5.41) is 14.5. The molecule has 1 aromatic carbocycles. The van der Waals surface area contributed by atoms with E-state index in [9.17, 15) is 9.59 Å². The minimum absolute atomic E-state index is 0.0885. The van der Waals surface area contributed by atoms with E-state index in [-0.39, 0.29) is 23.4 Å². The number of ketones is 1. The predicted molar refractivity (Wildman–Crippen MR) is 143 cm³/mol. The fourth-order valence-electron chi connectivity index (χ4n) is 5.88. The molecule has 1 N–H and O–H groups in total. The summed E-state index contributed by atoms with van der Waals surface area (Å²) in [5.74, 6) is 0.918. The Bertz CT molecular complexity index is 1350. The van der Waals surface area contributed by atoms with Gasteiger partial charge in [0.15, 0.2) is 5.78 Å². The van der Waals surface area contributed by atoms with Crippen LogP contribution >= 0.6 is 0 Å². The highest BCUT2D eigenvalue weighted by Crippen LogP contribution is 2.36. The van der Waals surface area contributed by atoms with Crippen molar-refractivity contribution in [1.82, 2.24) is 29.8 Å². The molecule has 3 atom stereocenters. The third-order valence-electron chi connectivity index (χ3n) is 7.99. The van der Waals surface area contributed by atoms with Crippen LogP contribution in [0.15, 0.2) is 52.5 Å². The van der Waals surface area contributed by atoms with E-state index in [0.29, 0.717) is 25.2 Å². The molecule has 0 amide bonds. The maximum atomic E-state index is 14.0. The Labute approximate surface area is 216 Å². The number of aryl methyl sites for hydroxylation is 1. The number of nitrogens with one attached hydrogen (secondary N) is 1. The molecule has 5 rings (SSSR count). The van der Waals surface area contributed by atoms with Gasteiger partial charge in [-0.2, -0.15) is 5.21 Å². The van der Waals surface area contributed by atoms with Gasteiger partial charge in [-0.05, 0) is 54.9 Å². The van der Waals surface area contributed by atoms with E-state index in [4.69, 9.17) is 0 Å². The summed E-state index contributed by atoms with van der Waals surface area (Å²) in [7, 11) is 0. The lowest BCUT2D eigenvalue weighted by Gasteiger charge is -2.33. The van der Waals surface area contributed by atoms with Crippen molar-refractivity contribution in [2.75, 3.05) is 0 Å². The fourth-order valence-corrected chi connectivity index (χ4v) is 5.88. The van der Waals surface area contributed by atoms with Gasteiger partial charge < -0.3 is 0 Å². The number of carbonyl (C=O) groups is 1. The summed E-state index contributed by atoms with van der Waals surface area (Å²) in [5.41, 5.74) is 2.34. The van der Waals surface area contributed by atoms with Crippen LogP contribution in [0.4, 0.5) is 0 Å². The van der Waals surface area contributed by atoms with Gasteiger partial charge >= 0.3 is 5.69 Å². The van der Waals surface area contributed by atoms with Gasteiger partial charge in [-0.3, -0.25) is 18.9 Å². The van der Waals surface area contributed by atoms with Crippen molar-refractivity contribution in [2.45, 2.75) is 83.2 Å². The van der Waals surface area contributed by atoms with Crippen LogP contribution < -0.4 is 5.69 Å². The zero-order chi connectivity index (χ0) is 25.8. The molecule has 2 aromatic heterocycles. The summed E-state index contributed by atoms with van der Waals surface area (Å²) in [6.07, 6.45) is 14.6. The summed E-state index contributed by atoms with van der Waals surface area (Å²) < 4.78 is 3.67. The Balaban J connectivity index is 1.59. The maximum Gasteiger partial charge on any atom is 0.329 e. The first-order chi connectivity index (χ1) is 18.1. The number of tetrazole rings is 1. The second-order valence-corrected chi connectivity index (χ2v) is 10.3. The van der Waals surface area contributed by atoms with E-state index in [0.717, 1.165) is 55.3 Å². The second kappa shape index (κ2) is 10.8. The standard InChI is InChI=1S/C28H35N7O2/c1-3-5-11-23-18-34(25-20(4-2)8-7-12-24(25)36)27(37)35(23)19-28(13-15-29-16-14-28)22-10-6-9-21(17-22)26-30-32-33-31-26/h6,9-10,13,15-18,20,25H,3-5,7-8,11-12,14,19H2,1-2H3,(H,30,31,32,33). The highest BCUT2D eigenvalue weighted by molar-refractivity contribution is 5.83. The molecule has 37 heavy (non-hydrogen) atoms. The van der Waals surface area contributed by atoms with Crippen molar-refractivity contribution in [1.29, 1.82) is 0 Å². The van der Waals surface area contributed by atoms with Crippen molar-refractivity contribution in [2.24, 2.45) is 10.9 Å². The topological polar surface area (TPSA) is 111 Å². The normalized spacial score (nSPS) is 23.6. The molecule has 0 radical (unpaired) electrons. The largest absolute Gasteiger partial charge is 0.329 e. The Kier molecular flexibility index (Phi) is 7.30. The van der Waals surface area contributed by atoms with Gasteiger partial charge in [0.25, 0.3) is 0 Å². The van der Waals surface area contributed by atoms with E-state index in [1.165, 1.54) is 0 Å². The molecule has 1 saturated carbocycles. The minimum Gasteiger partial charge on any atom is -0.297 e. The van der Waals surface area contributed by atoms with Crippen LogP contribution in [0.5, 0.6) is 0 Å². The lowest BCUT2D eigenvalue weighted by Crippen LogP contribution is -2.40. The number of hydrogen-bond acceptors (Lipinski definition) is 6. The van der Waals surface area contributed by atoms with Gasteiger partial charge in [-0.25, -0.2) is 4.79 Å². The Morgan fingerprint density at radius 1 is 1.22 bits per heavy atom. The average Bonchev–Trinajstić information content (AvgIpc) is 3.57. The average molecular weight is 502 g/mol. The first-order valence-corrected chi connectivity index (χ1v) is 13.4. The molecule has 3 heterocycles. The molecule has 2 aliphatic rings. The first-order valence-electron chi connectivity index (χ1n) is 13.4. The number of benzene rings is 1. The Morgan fingerprint density at radius 3 is 2.84 bits per heavy atom. The number of rotatable bonds is 9. The van der Waals surface area contributed by atoms with Crippen molar-refractivity contribution in [3.8, 4) is 11.4 Å². The molecule has 1 fully saturated rings. The number of aromatic amines is 1. The Hall–Kier alpha value is -3.62. The number of allylic oxidation sites excluding steroid dienone is 1. The zero-order valence-electron chi connectivity index (χ0n) is 21.6. The molecule has 194 valence electrons. The number of H-pyrrole nitrogens is 1. The molecular formula is C28H35N7O2. The molecule has 9 heteroatoms. The van der Waals surface area contributed by atoms with Crippen LogP contribution in [-0.4, -0.2) is 41.8 Å². The van der Waals surface area contributed by atoms with Crippen molar-refractivity contribution in [3.05, 3.63) is 64.5 Å². The summed E-state index contributed by atoms with van der Waals surface area (Å²) in [6, 6.07) is 7.73. The number of Topliss-reactive ketones (excluding diaryl/α,β-unsaturated/α-hetero) is 1. The van der Waals surface area contributed by atoms with Gasteiger partial charge in [0.1, 0.15) is 0 Å². The number of nitrogens with zero attached hydrogens (tertiary/aromatic N) is 6. The lowest BCUT2D eigenvalue weighted by atomic mass is 9.76. The van der Waals surface area contributed by atoms with Crippen LogP contribution in [0.2, 0.25) is 0 Å². The highest BCUT2D eigenvalue weighted by Gasteiger charge is 2.37. The third-order valence-corrected chi connectivity index (χ3v) is 7.99. The highest BCUT2D eigenvalue weighted by atomic mass is 16.2. The summed E-state index contributed by atoms with van der Waals surface area (Å²) >= 11 is 0. The SMILES string of the molecule is CCCCc1cn(C2C(=O)CCCC2CC)c(=O)n1CC1(c2cccc(-c3nn[nH]n3)c2)C=CN=CC1. The van der Waals surface area contributed by atoms with E-state index in [1.807, 2.05) is 35.3 Å². The minimum atomic E-state index is -0.473. The summed E-state index contributed by atoms with van der Waals surface area (Å²) in [6.45, 7) is 4.74. The molecule has 1 aliphatic carbocycles. The van der Waals surface area contributed by atoms with E-state index in [1.54, 1.807) is 4.57 Å². The number of hydrogen-bond donors (Lipinski definition) is 1. The molecule has 1 aliphatic heterocycles. The molecule has 0 saturated heterocycles. The first kappa shape index (κ1) is 25.0. The third kappa shape index (κ3) is 4.86. The molecular weight excluding hydrogens is 466 g/mol. The number of imidazole rings is 1. The Morgan fingerprint density at radius 2 is 2.11 bits per heavy atom. The quantitative estimate of drug-likeness (QED) is 0.467. The van der Waals surface area contributed by atoms with E-state index < -0.39 is 5.41 Å². The van der Waals surface area contributed by atoms with Gasteiger partial charge in [0.2, 0.25) is 5.82 Å². The molecule has 0 bridgehead atoms. The maximum absolute atomic E-state index is 14.0. The van der Waals surface area contributed by atoms with Crippen LogP contribution in [0.1, 0.15) is 76.1 Å². The van der Waals surface area contributed by atoms with Gasteiger partial charge in [0.05, 0.1) is 6.04 Å². The molecule has 0 spiro atoms. The zero-order valence-corrected chi connectivity index (χ0v) is 21.6. The number of aliphatic imine (C=N–C) groups is 1. The van der Waals surface area contributed by atoms with Gasteiger partial charge in [-0.1, -0.05) is 51.0 Å². The second-order valence-electron chi connectivity index (χ2n) is 10.3. The fraction of sp³-hybridized carbons (Fsp3) is 0.500. The monoisotopic (exact) mass is 501 g/mol. The lowest BCUT2D eigenvalue weighted by molar-refractivity contribution is -0.126. The van der Waals surface area contributed by atoms with E-state index >= 15 is 0 Å². The van der Waals surface area contributed by atoms with Crippen LogP contribution in [0.3, 0.4) is 0 Å². The van der Waals surface area contributed by atoms with Crippen LogP contribution in [-0.2, 0) is 23.2 Å². The molecule has 3 aromatic rings. The number of unbranched alkanes of at least 4 members (excludes halogenated alkanes) is 1. The smallest absolute Gasteiger partial charge is 0.297 e. The van der Waals surface area contributed by atoms with Crippen LogP contribution in [0.25, 0.3) is 11.4 Å². The molecule has 3 unspecified atom stereocenters. The van der Waals surface area contributed by atoms with E-state index in [2.05, 4.69) is 57.7 Å². The summed E-state index contributed by atoms with van der Waals surface area (Å²) in [4.78, 5) is 31.4. The van der Waals surface area contributed by atoms with Crippen molar-refractivity contribution < 1.29 is 4.79 Å². The van der Waals surface area contributed by atoms with Crippen molar-refractivity contribution >= 4 is 12.0 Å². The van der Waals surface area contributed by atoms with Gasteiger partial charge in [0, 0.05) is 48.2 Å². The van der Waals surface area contributed by atoms with Gasteiger partial charge in [-0.15, -0.1) is 10.2 Å². The number of aromatic nitrogens is 6. The molecule has 9 nitrogen and oxygen atoms in total.